The third kappa shape index (κ3) is 4.41. The number of sulfonamides is 1. The average molecular weight is 398 g/mol. The molecule has 0 spiro atoms. The summed E-state index contributed by atoms with van der Waals surface area (Å²) in [6.45, 7) is 1.30. The molecular formula is C18H17F3N2O3S. The van der Waals surface area contributed by atoms with E-state index in [1.54, 1.807) is 11.0 Å². The molecule has 5 nitrogen and oxygen atoms in total. The van der Waals surface area contributed by atoms with Gasteiger partial charge < -0.3 is 4.90 Å². The van der Waals surface area contributed by atoms with E-state index in [-0.39, 0.29) is 11.6 Å². The Hall–Kier alpha value is -2.55. The van der Waals surface area contributed by atoms with E-state index in [4.69, 9.17) is 0 Å². The predicted molar refractivity (Wildman–Crippen MR) is 93.8 cm³/mol. The molecular weight excluding hydrogens is 381 g/mol. The molecule has 1 fully saturated rings. The molecule has 3 rings (SSSR count). The number of hydrogen-bond donors (Lipinski definition) is 1. The Morgan fingerprint density at radius 2 is 1.67 bits per heavy atom. The van der Waals surface area contributed by atoms with Crippen LogP contribution in [0.25, 0.3) is 0 Å². The van der Waals surface area contributed by atoms with Crippen LogP contribution >= 0.6 is 0 Å². The van der Waals surface area contributed by atoms with Crippen molar-refractivity contribution in [3.8, 4) is 0 Å². The predicted octanol–water partition coefficient (Wildman–Crippen LogP) is 3.74. The Morgan fingerprint density at radius 1 is 1.00 bits per heavy atom. The van der Waals surface area contributed by atoms with Crippen LogP contribution in [-0.4, -0.2) is 32.3 Å². The molecule has 1 heterocycles. The number of nitrogens with one attached hydrogen (secondary N) is 1. The summed E-state index contributed by atoms with van der Waals surface area (Å²) in [5, 5.41) is 0. The lowest BCUT2D eigenvalue weighted by Crippen LogP contribution is -2.27. The Morgan fingerprint density at radius 3 is 2.33 bits per heavy atom. The van der Waals surface area contributed by atoms with E-state index in [1.165, 1.54) is 18.2 Å². The molecule has 0 aromatic heterocycles. The molecule has 0 unspecified atom stereocenters. The van der Waals surface area contributed by atoms with E-state index in [1.807, 2.05) is 0 Å². The third-order valence-electron chi connectivity index (χ3n) is 4.23. The molecule has 1 saturated heterocycles. The lowest BCUT2D eigenvalue weighted by atomic mass is 10.2. The molecule has 0 aliphatic carbocycles. The summed E-state index contributed by atoms with van der Waals surface area (Å²) in [6, 6.07) is 9.39. The Bertz CT molecular complexity index is 952. The number of benzene rings is 2. The molecule has 1 amide bonds. The SMILES string of the molecule is O=C(c1cccc(NS(=O)(=O)c2cccc(C(F)(F)F)c2)c1)N1CCCC1. The van der Waals surface area contributed by atoms with Crippen molar-refractivity contribution < 1.29 is 26.4 Å². The highest BCUT2D eigenvalue weighted by molar-refractivity contribution is 7.92. The topological polar surface area (TPSA) is 66.5 Å². The van der Waals surface area contributed by atoms with Gasteiger partial charge in [-0.1, -0.05) is 12.1 Å². The van der Waals surface area contributed by atoms with E-state index < -0.39 is 26.7 Å². The highest BCUT2D eigenvalue weighted by Crippen LogP contribution is 2.31. The van der Waals surface area contributed by atoms with Crippen LogP contribution in [0.3, 0.4) is 0 Å². The van der Waals surface area contributed by atoms with Gasteiger partial charge in [-0.3, -0.25) is 9.52 Å². The van der Waals surface area contributed by atoms with Crippen LogP contribution in [0, 0.1) is 0 Å². The van der Waals surface area contributed by atoms with Gasteiger partial charge in [0.25, 0.3) is 15.9 Å². The van der Waals surface area contributed by atoms with Crippen molar-refractivity contribution in [2.75, 3.05) is 17.8 Å². The zero-order chi connectivity index (χ0) is 19.7. The van der Waals surface area contributed by atoms with Gasteiger partial charge in [0.15, 0.2) is 0 Å². The largest absolute Gasteiger partial charge is 0.416 e. The first-order valence-electron chi connectivity index (χ1n) is 8.26. The van der Waals surface area contributed by atoms with E-state index >= 15 is 0 Å². The highest BCUT2D eigenvalue weighted by Gasteiger charge is 2.31. The zero-order valence-electron chi connectivity index (χ0n) is 14.2. The summed E-state index contributed by atoms with van der Waals surface area (Å²) < 4.78 is 65.6. The van der Waals surface area contributed by atoms with Crippen molar-refractivity contribution >= 4 is 21.6 Å². The second-order valence-corrected chi connectivity index (χ2v) is 7.89. The number of alkyl halides is 3. The Kier molecular flexibility index (Phi) is 5.14. The number of rotatable bonds is 4. The van der Waals surface area contributed by atoms with Crippen LogP contribution in [0.2, 0.25) is 0 Å². The van der Waals surface area contributed by atoms with Gasteiger partial charge in [-0.05, 0) is 49.2 Å². The van der Waals surface area contributed by atoms with Gasteiger partial charge in [-0.2, -0.15) is 13.2 Å². The fourth-order valence-electron chi connectivity index (χ4n) is 2.87. The lowest BCUT2D eigenvalue weighted by Gasteiger charge is -2.16. The van der Waals surface area contributed by atoms with E-state index in [9.17, 15) is 26.4 Å². The Balaban J connectivity index is 1.84. The first kappa shape index (κ1) is 19.2. The van der Waals surface area contributed by atoms with Gasteiger partial charge >= 0.3 is 6.18 Å². The number of carbonyl (C=O) groups excluding carboxylic acids is 1. The lowest BCUT2D eigenvalue weighted by molar-refractivity contribution is -0.137. The van der Waals surface area contributed by atoms with Gasteiger partial charge in [0, 0.05) is 24.3 Å². The molecule has 144 valence electrons. The van der Waals surface area contributed by atoms with Gasteiger partial charge in [0.2, 0.25) is 0 Å². The number of anilines is 1. The van der Waals surface area contributed by atoms with E-state index in [2.05, 4.69) is 4.72 Å². The average Bonchev–Trinajstić information content (AvgIpc) is 3.15. The number of halogens is 3. The molecule has 2 aromatic rings. The summed E-state index contributed by atoms with van der Waals surface area (Å²) in [7, 11) is -4.23. The van der Waals surface area contributed by atoms with Gasteiger partial charge in [0.1, 0.15) is 0 Å². The Labute approximate surface area is 154 Å². The summed E-state index contributed by atoms with van der Waals surface area (Å²) in [5.74, 6) is -0.201. The maximum absolute atomic E-state index is 12.8. The van der Waals surface area contributed by atoms with Crippen LogP contribution in [0.5, 0.6) is 0 Å². The molecule has 1 N–H and O–H groups in total. The number of amides is 1. The smallest absolute Gasteiger partial charge is 0.339 e. The first-order chi connectivity index (χ1) is 12.7. The van der Waals surface area contributed by atoms with E-state index in [0.717, 1.165) is 31.0 Å². The zero-order valence-corrected chi connectivity index (χ0v) is 15.0. The third-order valence-corrected chi connectivity index (χ3v) is 5.61. The molecule has 0 atom stereocenters. The first-order valence-corrected chi connectivity index (χ1v) is 9.74. The van der Waals surface area contributed by atoms with Crippen molar-refractivity contribution in [1.82, 2.24) is 4.90 Å². The number of hydrogen-bond acceptors (Lipinski definition) is 3. The minimum atomic E-state index is -4.65. The molecule has 0 bridgehead atoms. The minimum absolute atomic E-state index is 0.109. The summed E-state index contributed by atoms with van der Waals surface area (Å²) in [6.07, 6.45) is -2.80. The van der Waals surface area contributed by atoms with Crippen LogP contribution < -0.4 is 4.72 Å². The van der Waals surface area contributed by atoms with E-state index in [0.29, 0.717) is 24.7 Å². The minimum Gasteiger partial charge on any atom is -0.339 e. The molecule has 27 heavy (non-hydrogen) atoms. The van der Waals surface area contributed by atoms with Crippen molar-refractivity contribution in [3.63, 3.8) is 0 Å². The molecule has 9 heteroatoms. The number of carbonyl (C=O) groups is 1. The maximum atomic E-state index is 12.8. The number of likely N-dealkylation sites (tertiary alicyclic amines) is 1. The van der Waals surface area contributed by atoms with Crippen molar-refractivity contribution in [2.45, 2.75) is 23.9 Å². The summed E-state index contributed by atoms with van der Waals surface area (Å²) >= 11 is 0. The van der Waals surface area contributed by atoms with Gasteiger partial charge in [-0.25, -0.2) is 8.42 Å². The van der Waals surface area contributed by atoms with Crippen molar-refractivity contribution in [2.24, 2.45) is 0 Å². The van der Waals surface area contributed by atoms with Crippen LogP contribution in [-0.2, 0) is 16.2 Å². The fraction of sp³-hybridized carbons (Fsp3) is 0.278. The second-order valence-electron chi connectivity index (χ2n) is 6.21. The van der Waals surface area contributed by atoms with Gasteiger partial charge in [-0.15, -0.1) is 0 Å². The molecule has 2 aromatic carbocycles. The van der Waals surface area contributed by atoms with Crippen molar-refractivity contribution in [3.05, 3.63) is 59.7 Å². The maximum Gasteiger partial charge on any atom is 0.416 e. The van der Waals surface area contributed by atoms with Crippen LogP contribution in [0.1, 0.15) is 28.8 Å². The molecule has 1 aliphatic heterocycles. The second kappa shape index (κ2) is 7.22. The van der Waals surface area contributed by atoms with Crippen LogP contribution in [0.4, 0.5) is 18.9 Å². The number of nitrogens with zero attached hydrogens (tertiary/aromatic N) is 1. The quantitative estimate of drug-likeness (QED) is 0.853. The van der Waals surface area contributed by atoms with Gasteiger partial charge in [0.05, 0.1) is 10.5 Å². The normalized spacial score (nSPS) is 15.0. The summed E-state index contributed by atoms with van der Waals surface area (Å²) in [5.41, 5.74) is -0.623. The van der Waals surface area contributed by atoms with Crippen LogP contribution in [0.15, 0.2) is 53.4 Å². The highest BCUT2D eigenvalue weighted by atomic mass is 32.2. The summed E-state index contributed by atoms with van der Waals surface area (Å²) in [4.78, 5) is 13.6. The molecule has 0 saturated carbocycles. The molecule has 0 radical (unpaired) electrons. The van der Waals surface area contributed by atoms with Crippen molar-refractivity contribution in [1.29, 1.82) is 0 Å². The molecule has 1 aliphatic rings. The monoisotopic (exact) mass is 398 g/mol. The fourth-order valence-corrected chi connectivity index (χ4v) is 3.97. The standard InChI is InChI=1S/C18H17F3N2O3S/c19-18(20,21)14-6-4-8-16(12-14)27(25,26)22-15-7-3-5-13(11-15)17(24)23-9-1-2-10-23/h3-8,11-12,22H,1-2,9-10H2.